The normalized spacial score (nSPS) is 12.6. The van der Waals surface area contributed by atoms with Crippen molar-refractivity contribution in [3.63, 3.8) is 0 Å². The van der Waals surface area contributed by atoms with Gasteiger partial charge in [0.05, 0.1) is 7.11 Å². The lowest BCUT2D eigenvalue weighted by molar-refractivity contribution is 0.238. The highest BCUT2D eigenvalue weighted by atomic mass is 16.5. The van der Waals surface area contributed by atoms with Crippen molar-refractivity contribution in [2.45, 2.75) is 33.0 Å². The van der Waals surface area contributed by atoms with E-state index in [0.717, 1.165) is 44.7 Å². The Labute approximate surface area is 213 Å². The lowest BCUT2D eigenvalue weighted by Gasteiger charge is -2.22. The Morgan fingerprint density at radius 3 is 2.28 bits per heavy atom. The largest absolute Gasteiger partial charge is 0.507 e. The molecule has 184 valence electrons. The quantitative estimate of drug-likeness (QED) is 0.246. The maximum absolute atomic E-state index is 11.7. The summed E-state index contributed by atoms with van der Waals surface area (Å²) < 4.78 is 11.4. The maximum atomic E-state index is 11.7. The van der Waals surface area contributed by atoms with Crippen molar-refractivity contribution in [2.24, 2.45) is 0 Å². The number of ether oxygens (including phenoxy) is 2. The molecule has 0 saturated heterocycles. The van der Waals surface area contributed by atoms with Crippen LogP contribution in [0.4, 0.5) is 0 Å². The number of aliphatic hydroxyl groups is 1. The standard InChI is InChI=1S/C32H32O4/c1-4-28(29-19-22(2)13-18-30(29)33)31(25-11-8-12-27(20-25)35-3)32(34)24-14-16-26(17-15-24)36-21-23-9-6-5-7-10-23/h5-20,32-34H,4,21H2,1-3H3/b31-28-. The highest BCUT2D eigenvalue weighted by Crippen LogP contribution is 2.42. The van der Waals surface area contributed by atoms with Gasteiger partial charge in [0.1, 0.15) is 30.0 Å². The van der Waals surface area contributed by atoms with Crippen LogP contribution in [-0.4, -0.2) is 17.3 Å². The van der Waals surface area contributed by atoms with Crippen LogP contribution in [0.25, 0.3) is 11.1 Å². The molecule has 4 aromatic rings. The highest BCUT2D eigenvalue weighted by Gasteiger charge is 2.22. The highest BCUT2D eigenvalue weighted by molar-refractivity contribution is 5.94. The lowest BCUT2D eigenvalue weighted by atomic mass is 9.86. The molecule has 2 N–H and O–H groups in total. The van der Waals surface area contributed by atoms with Crippen LogP contribution in [0.5, 0.6) is 17.2 Å². The molecule has 0 amide bonds. The average molecular weight is 481 g/mol. The third-order valence-corrected chi connectivity index (χ3v) is 6.25. The number of aliphatic hydroxyl groups excluding tert-OH is 1. The predicted octanol–water partition coefficient (Wildman–Crippen LogP) is 7.34. The zero-order valence-electron chi connectivity index (χ0n) is 20.9. The molecule has 4 nitrogen and oxygen atoms in total. The van der Waals surface area contributed by atoms with E-state index in [1.807, 2.05) is 105 Å². The van der Waals surface area contributed by atoms with Gasteiger partial charge in [0.25, 0.3) is 0 Å². The van der Waals surface area contributed by atoms with Crippen LogP contribution in [0, 0.1) is 6.92 Å². The van der Waals surface area contributed by atoms with Gasteiger partial charge in [0, 0.05) is 5.56 Å². The smallest absolute Gasteiger partial charge is 0.123 e. The Hall–Kier alpha value is -4.02. The van der Waals surface area contributed by atoms with Gasteiger partial charge in [0.15, 0.2) is 0 Å². The molecule has 0 heterocycles. The third kappa shape index (κ3) is 5.78. The average Bonchev–Trinajstić information content (AvgIpc) is 2.92. The SMILES string of the molecule is CC/C(=C(\c1cccc(OC)c1)C(O)c1ccc(OCc2ccccc2)cc1)c1cc(C)ccc1O. The fourth-order valence-electron chi connectivity index (χ4n) is 4.36. The van der Waals surface area contributed by atoms with Gasteiger partial charge in [-0.2, -0.15) is 0 Å². The molecule has 1 unspecified atom stereocenters. The Kier molecular flexibility index (Phi) is 8.09. The number of phenols is 1. The predicted molar refractivity (Wildman–Crippen MR) is 145 cm³/mol. The second kappa shape index (κ2) is 11.6. The number of allylic oxidation sites excluding steroid dienone is 1. The Morgan fingerprint density at radius 2 is 1.58 bits per heavy atom. The Morgan fingerprint density at radius 1 is 0.833 bits per heavy atom. The van der Waals surface area contributed by atoms with Gasteiger partial charge in [-0.15, -0.1) is 0 Å². The van der Waals surface area contributed by atoms with Gasteiger partial charge in [-0.25, -0.2) is 0 Å². The first-order chi connectivity index (χ1) is 17.5. The minimum absolute atomic E-state index is 0.190. The van der Waals surface area contributed by atoms with E-state index < -0.39 is 6.10 Å². The van der Waals surface area contributed by atoms with Crippen LogP contribution in [0.3, 0.4) is 0 Å². The van der Waals surface area contributed by atoms with Gasteiger partial charge < -0.3 is 19.7 Å². The molecule has 0 aromatic heterocycles. The molecule has 36 heavy (non-hydrogen) atoms. The number of hydrogen-bond acceptors (Lipinski definition) is 4. The van der Waals surface area contributed by atoms with Crippen molar-refractivity contribution in [2.75, 3.05) is 7.11 Å². The van der Waals surface area contributed by atoms with E-state index in [1.54, 1.807) is 13.2 Å². The number of benzene rings is 4. The fraction of sp³-hybridized carbons (Fsp3) is 0.188. The molecular weight excluding hydrogens is 448 g/mol. The summed E-state index contributed by atoms with van der Waals surface area (Å²) in [6.45, 7) is 4.50. The van der Waals surface area contributed by atoms with E-state index in [2.05, 4.69) is 0 Å². The first-order valence-electron chi connectivity index (χ1n) is 12.1. The van der Waals surface area contributed by atoms with Crippen molar-refractivity contribution >= 4 is 11.1 Å². The summed E-state index contributed by atoms with van der Waals surface area (Å²) in [4.78, 5) is 0. The zero-order chi connectivity index (χ0) is 25.5. The Bertz CT molecular complexity index is 1320. The Balaban J connectivity index is 1.73. The van der Waals surface area contributed by atoms with Gasteiger partial charge in [-0.1, -0.05) is 73.2 Å². The van der Waals surface area contributed by atoms with E-state index in [1.165, 1.54) is 0 Å². The number of aromatic hydroxyl groups is 1. The molecule has 0 fully saturated rings. The second-order valence-electron chi connectivity index (χ2n) is 8.74. The van der Waals surface area contributed by atoms with E-state index in [4.69, 9.17) is 9.47 Å². The van der Waals surface area contributed by atoms with Crippen LogP contribution in [0.2, 0.25) is 0 Å². The molecule has 0 aliphatic heterocycles. The van der Waals surface area contributed by atoms with Crippen LogP contribution in [0.15, 0.2) is 97.1 Å². The summed E-state index contributed by atoms with van der Waals surface area (Å²) in [6, 6.07) is 30.7. The molecule has 0 bridgehead atoms. The summed E-state index contributed by atoms with van der Waals surface area (Å²) in [5, 5.41) is 22.4. The van der Waals surface area contributed by atoms with Gasteiger partial charge in [-0.05, 0) is 77.6 Å². The fourth-order valence-corrected chi connectivity index (χ4v) is 4.36. The monoisotopic (exact) mass is 480 g/mol. The zero-order valence-corrected chi connectivity index (χ0v) is 20.9. The van der Waals surface area contributed by atoms with Gasteiger partial charge >= 0.3 is 0 Å². The molecule has 4 aromatic carbocycles. The molecule has 4 rings (SSSR count). The number of aryl methyl sites for hydroxylation is 1. The van der Waals surface area contributed by atoms with Crippen LogP contribution < -0.4 is 9.47 Å². The molecule has 0 aliphatic carbocycles. The number of methoxy groups -OCH3 is 1. The topological polar surface area (TPSA) is 58.9 Å². The number of rotatable bonds is 9. The van der Waals surface area contributed by atoms with E-state index in [9.17, 15) is 10.2 Å². The molecule has 0 radical (unpaired) electrons. The van der Waals surface area contributed by atoms with Crippen molar-refractivity contribution in [1.29, 1.82) is 0 Å². The first-order valence-corrected chi connectivity index (χ1v) is 12.1. The van der Waals surface area contributed by atoms with Gasteiger partial charge in [0.2, 0.25) is 0 Å². The summed E-state index contributed by atoms with van der Waals surface area (Å²) in [5.74, 6) is 1.62. The molecule has 0 spiro atoms. The van der Waals surface area contributed by atoms with Crippen molar-refractivity contribution in [3.8, 4) is 17.2 Å². The summed E-state index contributed by atoms with van der Waals surface area (Å²) >= 11 is 0. The van der Waals surface area contributed by atoms with E-state index in [-0.39, 0.29) is 5.75 Å². The molecule has 4 heteroatoms. The van der Waals surface area contributed by atoms with E-state index >= 15 is 0 Å². The molecule has 0 aliphatic rings. The van der Waals surface area contributed by atoms with Crippen LogP contribution in [-0.2, 0) is 6.61 Å². The molecular formula is C32H32O4. The summed E-state index contributed by atoms with van der Waals surface area (Å²) in [7, 11) is 1.63. The first kappa shape index (κ1) is 25.1. The number of hydrogen-bond donors (Lipinski definition) is 2. The molecule has 0 saturated carbocycles. The summed E-state index contributed by atoms with van der Waals surface area (Å²) in [5.41, 5.74) is 6.03. The third-order valence-electron chi connectivity index (χ3n) is 6.25. The second-order valence-corrected chi connectivity index (χ2v) is 8.74. The number of phenolic OH excluding ortho intramolecular Hbond substituents is 1. The van der Waals surface area contributed by atoms with Crippen LogP contribution in [0.1, 0.15) is 47.3 Å². The van der Waals surface area contributed by atoms with Gasteiger partial charge in [-0.3, -0.25) is 0 Å². The lowest BCUT2D eigenvalue weighted by Crippen LogP contribution is -2.05. The van der Waals surface area contributed by atoms with Crippen LogP contribution >= 0.6 is 0 Å². The van der Waals surface area contributed by atoms with Crippen molar-refractivity contribution in [3.05, 3.63) is 125 Å². The summed E-state index contributed by atoms with van der Waals surface area (Å²) in [6.07, 6.45) is -0.297. The minimum atomic E-state index is -0.921. The maximum Gasteiger partial charge on any atom is 0.123 e. The van der Waals surface area contributed by atoms with Crippen molar-refractivity contribution in [1.82, 2.24) is 0 Å². The van der Waals surface area contributed by atoms with Crippen molar-refractivity contribution < 1.29 is 19.7 Å². The minimum Gasteiger partial charge on any atom is -0.507 e. The van der Waals surface area contributed by atoms with E-state index in [0.29, 0.717) is 18.8 Å². The molecule has 1 atom stereocenters.